The number of carboxylic acid groups (broad SMARTS) is 1. The number of carbonyl (C=O) groups is 2. The zero-order chi connectivity index (χ0) is 14.8. The molecular formula is C14H18N2O4. The minimum absolute atomic E-state index is 0.218. The van der Waals surface area contributed by atoms with Gasteiger partial charge in [-0.15, -0.1) is 0 Å². The van der Waals surface area contributed by atoms with Gasteiger partial charge in [-0.2, -0.15) is 0 Å². The van der Waals surface area contributed by atoms with E-state index in [9.17, 15) is 14.7 Å². The summed E-state index contributed by atoms with van der Waals surface area (Å²) in [5, 5.41) is 21.3. The van der Waals surface area contributed by atoms with Crippen LogP contribution < -0.4 is 5.32 Å². The van der Waals surface area contributed by atoms with Crippen LogP contribution in [-0.2, 0) is 6.54 Å². The third-order valence-electron chi connectivity index (χ3n) is 3.38. The van der Waals surface area contributed by atoms with Crippen molar-refractivity contribution in [3.8, 4) is 0 Å². The largest absolute Gasteiger partial charge is 0.478 e. The number of β-amino-alcohol motifs (C(OH)–C–C–N with tert-alkyl or cyclic N) is 1. The van der Waals surface area contributed by atoms with Gasteiger partial charge in [0.05, 0.1) is 17.7 Å². The summed E-state index contributed by atoms with van der Waals surface area (Å²) in [6, 6.07) is 6.13. The fourth-order valence-electron chi connectivity index (χ4n) is 2.17. The van der Waals surface area contributed by atoms with E-state index in [1.54, 1.807) is 24.0 Å². The Morgan fingerprint density at radius 3 is 2.50 bits per heavy atom. The third-order valence-corrected chi connectivity index (χ3v) is 3.38. The fraction of sp³-hybridized carbons (Fsp3) is 0.429. The van der Waals surface area contributed by atoms with E-state index in [-0.39, 0.29) is 11.6 Å². The summed E-state index contributed by atoms with van der Waals surface area (Å²) in [6.07, 6.45) is 0.577. The summed E-state index contributed by atoms with van der Waals surface area (Å²) in [7, 11) is 0. The first-order valence-electron chi connectivity index (χ1n) is 6.45. The number of likely N-dealkylation sites (tertiary alicyclic amines) is 1. The first-order valence-corrected chi connectivity index (χ1v) is 6.45. The minimum atomic E-state index is -0.972. The van der Waals surface area contributed by atoms with Crippen LogP contribution in [0.4, 0.5) is 4.79 Å². The molecule has 0 saturated carbocycles. The second-order valence-electron chi connectivity index (χ2n) is 5.33. The predicted molar refractivity (Wildman–Crippen MR) is 72.5 cm³/mol. The number of carboxylic acids is 1. The molecule has 2 amide bonds. The topological polar surface area (TPSA) is 89.9 Å². The van der Waals surface area contributed by atoms with Gasteiger partial charge in [0.15, 0.2) is 0 Å². The highest BCUT2D eigenvalue weighted by atomic mass is 16.4. The Balaban J connectivity index is 1.86. The van der Waals surface area contributed by atoms with Crippen LogP contribution in [0, 0.1) is 0 Å². The molecule has 3 N–H and O–H groups in total. The summed E-state index contributed by atoms with van der Waals surface area (Å²) < 4.78 is 0. The normalized spacial score (nSPS) is 21.8. The van der Waals surface area contributed by atoms with E-state index in [0.717, 1.165) is 5.56 Å². The van der Waals surface area contributed by atoms with Crippen LogP contribution in [-0.4, -0.2) is 45.8 Å². The second kappa shape index (κ2) is 5.50. The Labute approximate surface area is 117 Å². The van der Waals surface area contributed by atoms with Crippen molar-refractivity contribution < 1.29 is 19.8 Å². The highest BCUT2D eigenvalue weighted by Gasteiger charge is 2.33. The maximum Gasteiger partial charge on any atom is 0.335 e. The minimum Gasteiger partial charge on any atom is -0.478 e. The molecule has 1 aliphatic heterocycles. The lowest BCUT2D eigenvalue weighted by Gasteiger charge is -2.19. The van der Waals surface area contributed by atoms with Crippen LogP contribution in [0.5, 0.6) is 0 Å². The molecule has 1 heterocycles. The molecule has 1 saturated heterocycles. The number of nitrogens with one attached hydrogen (secondary N) is 1. The summed E-state index contributed by atoms with van der Waals surface area (Å²) in [5.74, 6) is -0.972. The molecule has 0 aromatic heterocycles. The van der Waals surface area contributed by atoms with Gasteiger partial charge < -0.3 is 20.4 Å². The molecule has 1 atom stereocenters. The summed E-state index contributed by atoms with van der Waals surface area (Å²) in [5.41, 5.74) is 0.241. The Bertz CT molecular complexity index is 510. The van der Waals surface area contributed by atoms with Crippen LogP contribution in [0.1, 0.15) is 29.3 Å². The molecule has 1 fully saturated rings. The Morgan fingerprint density at radius 2 is 2.00 bits per heavy atom. The molecule has 0 radical (unpaired) electrons. The smallest absolute Gasteiger partial charge is 0.335 e. The Hall–Kier alpha value is -2.08. The molecule has 0 aliphatic carbocycles. The standard InChI is InChI=1S/C14H18N2O4/c1-14(20)6-7-16(9-14)13(19)15-8-10-2-4-11(5-3-10)12(17)18/h2-5,20H,6-9H2,1H3,(H,15,19)(H,17,18). The van der Waals surface area contributed by atoms with Gasteiger partial charge in [0.1, 0.15) is 0 Å². The number of urea groups is 1. The van der Waals surface area contributed by atoms with Gasteiger partial charge in [-0.3, -0.25) is 0 Å². The highest BCUT2D eigenvalue weighted by Crippen LogP contribution is 2.19. The van der Waals surface area contributed by atoms with Gasteiger partial charge in [0.2, 0.25) is 0 Å². The molecule has 1 aromatic carbocycles. The van der Waals surface area contributed by atoms with Gasteiger partial charge in [-0.05, 0) is 31.0 Å². The number of benzene rings is 1. The van der Waals surface area contributed by atoms with Crippen LogP contribution in [0.15, 0.2) is 24.3 Å². The van der Waals surface area contributed by atoms with Crippen molar-refractivity contribution in [3.63, 3.8) is 0 Å². The van der Waals surface area contributed by atoms with E-state index >= 15 is 0 Å². The maximum atomic E-state index is 11.9. The SMILES string of the molecule is CC1(O)CCN(C(=O)NCc2ccc(C(=O)O)cc2)C1. The zero-order valence-electron chi connectivity index (χ0n) is 11.3. The van der Waals surface area contributed by atoms with Gasteiger partial charge in [-0.25, -0.2) is 9.59 Å². The number of nitrogens with zero attached hydrogens (tertiary/aromatic N) is 1. The fourth-order valence-corrected chi connectivity index (χ4v) is 2.17. The number of hydrogen-bond acceptors (Lipinski definition) is 3. The first kappa shape index (κ1) is 14.3. The van der Waals surface area contributed by atoms with Crippen LogP contribution in [0.2, 0.25) is 0 Å². The summed E-state index contributed by atoms with van der Waals surface area (Å²) in [4.78, 5) is 24.2. The van der Waals surface area contributed by atoms with E-state index in [0.29, 0.717) is 26.1 Å². The molecule has 0 bridgehead atoms. The third kappa shape index (κ3) is 3.48. The van der Waals surface area contributed by atoms with Crippen molar-refractivity contribution in [2.45, 2.75) is 25.5 Å². The van der Waals surface area contributed by atoms with Crippen molar-refractivity contribution in [1.82, 2.24) is 10.2 Å². The van der Waals surface area contributed by atoms with E-state index in [4.69, 9.17) is 5.11 Å². The first-order chi connectivity index (χ1) is 9.37. The number of aromatic carboxylic acids is 1. The van der Waals surface area contributed by atoms with Gasteiger partial charge in [-0.1, -0.05) is 12.1 Å². The molecule has 20 heavy (non-hydrogen) atoms. The number of aliphatic hydroxyl groups is 1. The molecule has 1 unspecified atom stereocenters. The van der Waals surface area contributed by atoms with Gasteiger partial charge in [0.25, 0.3) is 0 Å². The van der Waals surface area contributed by atoms with E-state index in [1.165, 1.54) is 12.1 Å². The molecule has 108 valence electrons. The summed E-state index contributed by atoms with van der Waals surface area (Å²) in [6.45, 7) is 2.91. The molecule has 6 heteroatoms. The zero-order valence-corrected chi connectivity index (χ0v) is 11.3. The molecule has 6 nitrogen and oxygen atoms in total. The van der Waals surface area contributed by atoms with Crippen molar-refractivity contribution >= 4 is 12.0 Å². The molecule has 1 aromatic rings. The molecule has 1 aliphatic rings. The van der Waals surface area contributed by atoms with Crippen molar-refractivity contribution in [1.29, 1.82) is 0 Å². The maximum absolute atomic E-state index is 11.9. The Morgan fingerprint density at radius 1 is 1.35 bits per heavy atom. The van der Waals surface area contributed by atoms with Gasteiger partial charge >= 0.3 is 12.0 Å². The quantitative estimate of drug-likeness (QED) is 0.771. The van der Waals surface area contributed by atoms with Crippen molar-refractivity contribution in [3.05, 3.63) is 35.4 Å². The monoisotopic (exact) mass is 278 g/mol. The lowest BCUT2D eigenvalue weighted by Crippen LogP contribution is -2.40. The van der Waals surface area contributed by atoms with E-state index in [2.05, 4.69) is 5.32 Å². The van der Waals surface area contributed by atoms with Crippen LogP contribution in [0.3, 0.4) is 0 Å². The molecular weight excluding hydrogens is 260 g/mol. The van der Waals surface area contributed by atoms with Crippen molar-refractivity contribution in [2.24, 2.45) is 0 Å². The predicted octanol–water partition coefficient (Wildman–Crippen LogP) is 1.05. The molecule has 2 rings (SSSR count). The van der Waals surface area contributed by atoms with E-state index in [1.807, 2.05) is 0 Å². The number of rotatable bonds is 3. The average Bonchev–Trinajstić information content (AvgIpc) is 2.77. The van der Waals surface area contributed by atoms with Crippen LogP contribution in [0.25, 0.3) is 0 Å². The second-order valence-corrected chi connectivity index (χ2v) is 5.33. The Kier molecular flexibility index (Phi) is 3.94. The average molecular weight is 278 g/mol. The van der Waals surface area contributed by atoms with Crippen LogP contribution >= 0.6 is 0 Å². The lowest BCUT2D eigenvalue weighted by atomic mass is 10.1. The highest BCUT2D eigenvalue weighted by molar-refractivity contribution is 5.87. The number of carbonyl (C=O) groups excluding carboxylic acids is 1. The summed E-state index contributed by atoms with van der Waals surface area (Å²) >= 11 is 0. The lowest BCUT2D eigenvalue weighted by molar-refractivity contribution is 0.0695. The van der Waals surface area contributed by atoms with Crippen molar-refractivity contribution in [2.75, 3.05) is 13.1 Å². The van der Waals surface area contributed by atoms with Gasteiger partial charge in [0, 0.05) is 13.1 Å². The van der Waals surface area contributed by atoms with E-state index < -0.39 is 11.6 Å². The number of hydrogen-bond donors (Lipinski definition) is 3. The molecule has 0 spiro atoms. The number of amides is 2.